The highest BCUT2D eigenvalue weighted by molar-refractivity contribution is 8.00. The number of nitrogens with zero attached hydrogens (tertiary/aromatic N) is 1. The zero-order valence-corrected chi connectivity index (χ0v) is 20.1. The summed E-state index contributed by atoms with van der Waals surface area (Å²) in [6.45, 7) is 1.92. The van der Waals surface area contributed by atoms with Gasteiger partial charge in [0.2, 0.25) is 5.91 Å². The number of carbonyl (C=O) groups excluding carboxylic acids is 3. The molecule has 188 valence electrons. The lowest BCUT2D eigenvalue weighted by Gasteiger charge is -2.25. The van der Waals surface area contributed by atoms with E-state index in [0.29, 0.717) is 24.1 Å². The molecule has 1 heterocycles. The Morgan fingerprint density at radius 2 is 1.80 bits per heavy atom. The molecule has 2 aromatic carbocycles. The van der Waals surface area contributed by atoms with Gasteiger partial charge in [0.15, 0.2) is 17.0 Å². The van der Waals surface area contributed by atoms with E-state index in [4.69, 9.17) is 4.74 Å². The van der Waals surface area contributed by atoms with Crippen molar-refractivity contribution in [1.82, 2.24) is 15.5 Å². The first-order valence-electron chi connectivity index (χ1n) is 10.9. The van der Waals surface area contributed by atoms with Gasteiger partial charge in [0.05, 0.1) is 0 Å². The average molecular weight is 510 g/mol. The Morgan fingerprint density at radius 1 is 1.11 bits per heavy atom. The predicted octanol–water partition coefficient (Wildman–Crippen LogP) is 2.77. The predicted molar refractivity (Wildman–Crippen MR) is 125 cm³/mol. The Balaban J connectivity index is 1.56. The molecule has 1 aliphatic rings. The van der Waals surface area contributed by atoms with Gasteiger partial charge < -0.3 is 20.3 Å². The van der Waals surface area contributed by atoms with Crippen LogP contribution >= 0.6 is 11.8 Å². The normalized spacial score (nSPS) is 16.1. The molecule has 1 unspecified atom stereocenters. The van der Waals surface area contributed by atoms with Crippen LogP contribution in [0, 0.1) is 17.5 Å². The summed E-state index contributed by atoms with van der Waals surface area (Å²) in [5.41, 5.74) is 0.750. The molecule has 2 N–H and O–H groups in total. The monoisotopic (exact) mass is 509 g/mol. The van der Waals surface area contributed by atoms with Crippen LogP contribution in [-0.2, 0) is 27.3 Å². The maximum Gasteiger partial charge on any atom is 0.308 e. The van der Waals surface area contributed by atoms with Gasteiger partial charge in [-0.25, -0.2) is 13.2 Å². The summed E-state index contributed by atoms with van der Waals surface area (Å²) in [4.78, 5) is 38.2. The highest BCUT2D eigenvalue weighted by Crippen LogP contribution is 2.26. The number of rotatable bonds is 9. The van der Waals surface area contributed by atoms with Crippen molar-refractivity contribution in [2.24, 2.45) is 0 Å². The van der Waals surface area contributed by atoms with Crippen LogP contribution in [0.25, 0.3) is 0 Å². The molecule has 11 heteroatoms. The Kier molecular flexibility index (Phi) is 9.16. The van der Waals surface area contributed by atoms with Crippen molar-refractivity contribution in [2.75, 3.05) is 19.3 Å². The number of benzene rings is 2. The maximum atomic E-state index is 14.0. The summed E-state index contributed by atoms with van der Waals surface area (Å²) in [7, 11) is 1.59. The third-order valence-corrected chi connectivity index (χ3v) is 6.67. The Bertz CT molecular complexity index is 1080. The molecule has 2 amide bonds. The standard InChI is InChI=1S/C24H26F3N3O4S/c1-14(31)34-18-5-3-15(4-6-18)13-29-23(33)24-30(7-8-35-24)22(32)11-17(28-2)9-16-10-20(26)21(27)12-19(16)25/h3-6,10,12,17,24,28H,7-9,11,13H2,1-2H3,(H,29,33)/t17-,24?/m1/s1. The van der Waals surface area contributed by atoms with E-state index in [1.807, 2.05) is 0 Å². The molecule has 7 nitrogen and oxygen atoms in total. The Morgan fingerprint density at radius 3 is 2.46 bits per heavy atom. The number of carbonyl (C=O) groups is 3. The number of hydrogen-bond donors (Lipinski definition) is 2. The summed E-state index contributed by atoms with van der Waals surface area (Å²) in [5, 5.41) is 5.00. The van der Waals surface area contributed by atoms with Crippen LogP contribution < -0.4 is 15.4 Å². The number of likely N-dealkylation sites (N-methyl/N-ethyl adjacent to an activating group) is 1. The molecular formula is C24H26F3N3O4S. The highest BCUT2D eigenvalue weighted by Gasteiger charge is 2.35. The summed E-state index contributed by atoms with van der Waals surface area (Å²) in [5.74, 6) is -3.37. The molecular weight excluding hydrogens is 483 g/mol. The van der Waals surface area contributed by atoms with E-state index >= 15 is 0 Å². The molecule has 1 aliphatic heterocycles. The minimum Gasteiger partial charge on any atom is -0.427 e. The highest BCUT2D eigenvalue weighted by atomic mass is 32.2. The van der Waals surface area contributed by atoms with E-state index in [1.54, 1.807) is 31.3 Å². The van der Waals surface area contributed by atoms with Crippen LogP contribution in [0.5, 0.6) is 5.75 Å². The third-order valence-electron chi connectivity index (χ3n) is 5.47. The van der Waals surface area contributed by atoms with Gasteiger partial charge in [-0.3, -0.25) is 14.4 Å². The number of thioether (sulfide) groups is 1. The van der Waals surface area contributed by atoms with Gasteiger partial charge in [-0.2, -0.15) is 0 Å². The molecule has 3 rings (SSSR count). The molecule has 0 radical (unpaired) electrons. The summed E-state index contributed by atoms with van der Waals surface area (Å²) >= 11 is 1.34. The SMILES string of the molecule is CN[C@@H](CC(=O)N1CCSC1C(=O)NCc1ccc(OC(C)=O)cc1)Cc1cc(F)c(F)cc1F. The van der Waals surface area contributed by atoms with Crippen LogP contribution in [-0.4, -0.2) is 53.4 Å². The first-order chi connectivity index (χ1) is 16.7. The fourth-order valence-corrected chi connectivity index (χ4v) is 4.81. The van der Waals surface area contributed by atoms with Crippen molar-refractivity contribution in [2.45, 2.75) is 37.7 Å². The molecule has 0 saturated carbocycles. The van der Waals surface area contributed by atoms with Crippen molar-refractivity contribution in [1.29, 1.82) is 0 Å². The number of halogens is 3. The van der Waals surface area contributed by atoms with Gasteiger partial charge >= 0.3 is 5.97 Å². The van der Waals surface area contributed by atoms with Crippen molar-refractivity contribution >= 4 is 29.5 Å². The number of amides is 2. The molecule has 0 aliphatic carbocycles. The van der Waals surface area contributed by atoms with E-state index in [0.717, 1.165) is 11.6 Å². The van der Waals surface area contributed by atoms with Crippen molar-refractivity contribution in [3.05, 3.63) is 65.0 Å². The maximum absolute atomic E-state index is 14.0. The molecule has 2 atom stereocenters. The first kappa shape index (κ1) is 26.6. The van der Waals surface area contributed by atoms with Crippen LogP contribution in [0.2, 0.25) is 0 Å². The lowest BCUT2D eigenvalue weighted by atomic mass is 10.0. The van der Waals surface area contributed by atoms with E-state index in [-0.39, 0.29) is 36.8 Å². The van der Waals surface area contributed by atoms with Crippen LogP contribution in [0.3, 0.4) is 0 Å². The zero-order chi connectivity index (χ0) is 25.5. The Hall–Kier alpha value is -3.05. The van der Waals surface area contributed by atoms with Crippen molar-refractivity contribution in [3.8, 4) is 5.75 Å². The lowest BCUT2D eigenvalue weighted by molar-refractivity contribution is -0.137. The van der Waals surface area contributed by atoms with Gasteiger partial charge in [0.1, 0.15) is 11.6 Å². The molecule has 1 fully saturated rings. The molecule has 1 saturated heterocycles. The van der Waals surface area contributed by atoms with E-state index in [2.05, 4.69) is 10.6 Å². The number of nitrogens with one attached hydrogen (secondary N) is 2. The second-order valence-electron chi connectivity index (χ2n) is 8.02. The second-order valence-corrected chi connectivity index (χ2v) is 9.21. The van der Waals surface area contributed by atoms with Crippen molar-refractivity contribution in [3.63, 3.8) is 0 Å². The summed E-state index contributed by atoms with van der Waals surface area (Å²) < 4.78 is 45.7. The van der Waals surface area contributed by atoms with E-state index < -0.39 is 34.8 Å². The minimum absolute atomic E-state index is 0.0214. The largest absolute Gasteiger partial charge is 0.427 e. The van der Waals surface area contributed by atoms with Gasteiger partial charge in [-0.1, -0.05) is 12.1 Å². The van der Waals surface area contributed by atoms with Crippen LogP contribution in [0.15, 0.2) is 36.4 Å². The van der Waals surface area contributed by atoms with Gasteiger partial charge in [0, 0.05) is 44.3 Å². The first-order valence-corrected chi connectivity index (χ1v) is 12.0. The second kappa shape index (κ2) is 12.1. The molecule has 2 aromatic rings. The quantitative estimate of drug-likeness (QED) is 0.307. The topological polar surface area (TPSA) is 87.7 Å². The van der Waals surface area contributed by atoms with E-state index in [1.165, 1.54) is 23.6 Å². The van der Waals surface area contributed by atoms with Gasteiger partial charge in [-0.05, 0) is 42.8 Å². The zero-order valence-electron chi connectivity index (χ0n) is 19.3. The molecule has 0 aromatic heterocycles. The minimum atomic E-state index is -1.27. The summed E-state index contributed by atoms with van der Waals surface area (Å²) in [6.07, 6.45) is -0.0661. The molecule has 0 bridgehead atoms. The summed E-state index contributed by atoms with van der Waals surface area (Å²) in [6, 6.07) is 7.43. The Labute approximate surface area is 205 Å². The number of ether oxygens (including phenoxy) is 1. The van der Waals surface area contributed by atoms with E-state index in [9.17, 15) is 27.6 Å². The average Bonchev–Trinajstić information content (AvgIpc) is 3.31. The lowest BCUT2D eigenvalue weighted by Crippen LogP contribution is -2.46. The van der Waals surface area contributed by atoms with Crippen LogP contribution in [0.4, 0.5) is 13.2 Å². The number of hydrogen-bond acceptors (Lipinski definition) is 6. The molecule has 35 heavy (non-hydrogen) atoms. The fraction of sp³-hybridized carbons (Fsp3) is 0.375. The smallest absolute Gasteiger partial charge is 0.308 e. The van der Waals surface area contributed by atoms with Crippen molar-refractivity contribution < 1.29 is 32.3 Å². The third kappa shape index (κ3) is 7.22. The van der Waals surface area contributed by atoms with Crippen LogP contribution in [0.1, 0.15) is 24.5 Å². The van der Waals surface area contributed by atoms with Gasteiger partial charge in [0.25, 0.3) is 5.91 Å². The number of esters is 1. The molecule has 0 spiro atoms. The fourth-order valence-electron chi connectivity index (χ4n) is 3.65. The van der Waals surface area contributed by atoms with Gasteiger partial charge in [-0.15, -0.1) is 11.8 Å².